The van der Waals surface area contributed by atoms with Crippen LogP contribution in [0, 0.1) is 27.7 Å². The molecule has 2 spiro atoms. The molecule has 4 saturated carbocycles. The van der Waals surface area contributed by atoms with E-state index in [0.717, 1.165) is 66.4 Å². The highest BCUT2D eigenvalue weighted by Gasteiger charge is 2.56. The number of aryl methyl sites for hydroxylation is 4. The molecule has 0 N–H and O–H groups in total. The zero-order chi connectivity index (χ0) is 34.4. The summed E-state index contributed by atoms with van der Waals surface area (Å²) in [5.74, 6) is 1.06. The Morgan fingerprint density at radius 1 is 0.653 bits per heavy atom. The number of amidine groups is 2. The van der Waals surface area contributed by atoms with Crippen molar-refractivity contribution in [2.75, 3.05) is 11.5 Å². The first-order chi connectivity index (χ1) is 23.5. The van der Waals surface area contributed by atoms with Gasteiger partial charge in [0, 0.05) is 12.1 Å². The molecule has 2 aliphatic heterocycles. The van der Waals surface area contributed by atoms with Crippen molar-refractivity contribution in [2.45, 2.75) is 154 Å². The molecule has 266 valence electrons. The molecule has 6 aliphatic rings. The highest BCUT2D eigenvalue weighted by atomic mass is 32.2. The molecule has 7 nitrogen and oxygen atoms in total. The van der Waals surface area contributed by atoms with Crippen molar-refractivity contribution in [1.29, 1.82) is 0 Å². The molecule has 2 saturated heterocycles. The van der Waals surface area contributed by atoms with Crippen molar-refractivity contribution in [3.63, 3.8) is 0 Å². The van der Waals surface area contributed by atoms with Crippen molar-refractivity contribution in [3.8, 4) is 0 Å². The van der Waals surface area contributed by atoms with Crippen LogP contribution in [0.15, 0.2) is 46.4 Å². The normalized spacial score (nSPS) is 27.7. The summed E-state index contributed by atoms with van der Waals surface area (Å²) in [6, 6.07) is 13.3. The lowest BCUT2D eigenvalue weighted by Crippen LogP contribution is -2.50. The quantitative estimate of drug-likeness (QED) is 0.318. The number of nitrogens with zero attached hydrogens (tertiary/aromatic N) is 4. The number of hydrogen-bond donors (Lipinski definition) is 0. The van der Waals surface area contributed by atoms with E-state index in [9.17, 15) is 12.6 Å². The van der Waals surface area contributed by atoms with E-state index >= 15 is 0 Å². The molecule has 6 fully saturated rings. The van der Waals surface area contributed by atoms with Crippen molar-refractivity contribution in [1.82, 2.24) is 9.80 Å². The van der Waals surface area contributed by atoms with Crippen LogP contribution in [0.1, 0.15) is 125 Å². The van der Waals surface area contributed by atoms with Crippen LogP contribution in [0.5, 0.6) is 0 Å². The standard InChI is InChI=1S/C20H28N2O2S.C20H28N2OS/c1-15-9-10-18(16(2)13-15)21-19-22(17-7-3-4-8-17)20(11-5-6-12-20)14-25(19,23)24;1-15-9-10-18(16(2)13-15)21-19-22(17-7-3-4-8-17)20(14-24(19)23)11-5-6-12-20/h9-10,13,17H,3-8,11-12,14H2,1-2H3;9-10,13,17H,3-8,11-12,14H2,1-2H3. The summed E-state index contributed by atoms with van der Waals surface area (Å²) in [6.45, 7) is 8.28. The Morgan fingerprint density at radius 3 is 1.63 bits per heavy atom. The molecular weight excluding hydrogens is 649 g/mol. The third-order valence-corrected chi connectivity index (χ3v) is 15.6. The SMILES string of the molecule is Cc1ccc(N=C2N(C3CCCC3)C3(CCCC3)CS2(=O)=O)c(C)c1.Cc1ccc(N=C2N(C3CCCC3)C3(CCCC3)CS2=O)c(C)c1. The Bertz CT molecular complexity index is 1740. The van der Waals surface area contributed by atoms with Crippen LogP contribution in [0.25, 0.3) is 0 Å². The van der Waals surface area contributed by atoms with E-state index in [1.165, 1.54) is 80.9 Å². The lowest BCUT2D eigenvalue weighted by molar-refractivity contribution is 0.162. The second-order valence-corrected chi connectivity index (χ2v) is 19.3. The molecule has 1 atom stereocenters. The largest absolute Gasteiger partial charge is 0.340 e. The van der Waals surface area contributed by atoms with Gasteiger partial charge in [0.2, 0.25) is 15.0 Å². The first kappa shape index (κ1) is 34.9. The summed E-state index contributed by atoms with van der Waals surface area (Å²) in [6.07, 6.45) is 18.9. The predicted octanol–water partition coefficient (Wildman–Crippen LogP) is 8.89. The fourth-order valence-corrected chi connectivity index (χ4v) is 14.0. The van der Waals surface area contributed by atoms with E-state index in [1.54, 1.807) is 0 Å². The van der Waals surface area contributed by atoms with Gasteiger partial charge in [0.05, 0.1) is 44.8 Å². The maximum atomic E-state index is 13.1. The maximum Gasteiger partial charge on any atom is 0.224 e. The molecular formula is C40H56N4O3S2. The van der Waals surface area contributed by atoms with E-state index in [1.807, 2.05) is 19.1 Å². The molecule has 9 heteroatoms. The van der Waals surface area contributed by atoms with Crippen molar-refractivity contribution in [3.05, 3.63) is 58.7 Å². The van der Waals surface area contributed by atoms with Gasteiger partial charge in [-0.1, -0.05) is 86.8 Å². The van der Waals surface area contributed by atoms with Crippen LogP contribution in [0.4, 0.5) is 11.4 Å². The average molecular weight is 705 g/mol. The highest BCUT2D eigenvalue weighted by molar-refractivity contribution is 8.06. The van der Waals surface area contributed by atoms with E-state index < -0.39 is 20.6 Å². The van der Waals surface area contributed by atoms with Gasteiger partial charge in [0.15, 0.2) is 5.17 Å². The van der Waals surface area contributed by atoms with Gasteiger partial charge in [0.25, 0.3) is 0 Å². The van der Waals surface area contributed by atoms with Crippen LogP contribution in [-0.4, -0.2) is 67.4 Å². The van der Waals surface area contributed by atoms with E-state index in [0.29, 0.717) is 17.3 Å². The highest BCUT2D eigenvalue weighted by Crippen LogP contribution is 2.47. The predicted molar refractivity (Wildman–Crippen MR) is 203 cm³/mol. The zero-order valence-electron chi connectivity index (χ0n) is 30.2. The molecule has 8 rings (SSSR count). The van der Waals surface area contributed by atoms with Crippen LogP contribution in [0.3, 0.4) is 0 Å². The minimum Gasteiger partial charge on any atom is -0.340 e. The lowest BCUT2D eigenvalue weighted by Gasteiger charge is -2.39. The number of benzene rings is 2. The van der Waals surface area contributed by atoms with Gasteiger partial charge in [-0.25, -0.2) is 18.4 Å². The molecule has 4 aliphatic carbocycles. The average Bonchev–Trinajstić information content (AvgIpc) is 3.90. The lowest BCUT2D eigenvalue weighted by atomic mass is 9.95. The smallest absolute Gasteiger partial charge is 0.224 e. The van der Waals surface area contributed by atoms with Gasteiger partial charge < -0.3 is 9.80 Å². The summed E-state index contributed by atoms with van der Waals surface area (Å²) in [5.41, 5.74) is 6.38. The molecule has 2 aromatic carbocycles. The summed E-state index contributed by atoms with van der Waals surface area (Å²) in [7, 11) is -4.27. The molecule has 0 bridgehead atoms. The van der Waals surface area contributed by atoms with Gasteiger partial charge in [-0.2, -0.15) is 0 Å². The minimum absolute atomic E-state index is 0.136. The molecule has 0 amide bonds. The molecule has 1 unspecified atom stereocenters. The first-order valence-corrected chi connectivity index (χ1v) is 22.0. The molecule has 49 heavy (non-hydrogen) atoms. The van der Waals surface area contributed by atoms with Gasteiger partial charge in [-0.05, 0) is 102 Å². The molecule has 2 heterocycles. The zero-order valence-corrected chi connectivity index (χ0v) is 31.8. The van der Waals surface area contributed by atoms with Gasteiger partial charge in [0.1, 0.15) is 0 Å². The van der Waals surface area contributed by atoms with E-state index in [-0.39, 0.29) is 16.8 Å². The van der Waals surface area contributed by atoms with Crippen molar-refractivity contribution < 1.29 is 12.6 Å². The maximum absolute atomic E-state index is 13.1. The van der Waals surface area contributed by atoms with Crippen LogP contribution in [-0.2, 0) is 20.6 Å². The first-order valence-electron chi connectivity index (χ1n) is 19.0. The Labute approximate surface area is 297 Å². The summed E-state index contributed by atoms with van der Waals surface area (Å²) in [5, 5.41) is 1.23. The van der Waals surface area contributed by atoms with E-state index in [2.05, 4.69) is 54.8 Å². The topological polar surface area (TPSA) is 82.4 Å². The number of aliphatic imine (C=N–C) groups is 2. The Balaban J connectivity index is 0.000000154. The molecule has 0 aromatic heterocycles. The fraction of sp³-hybridized carbons (Fsp3) is 0.650. The van der Waals surface area contributed by atoms with Crippen LogP contribution in [0.2, 0.25) is 0 Å². The van der Waals surface area contributed by atoms with Crippen LogP contribution < -0.4 is 0 Å². The fourth-order valence-electron chi connectivity index (χ4n) is 10.1. The van der Waals surface area contributed by atoms with Crippen molar-refractivity contribution in [2.24, 2.45) is 9.98 Å². The Kier molecular flexibility index (Phi) is 9.90. The van der Waals surface area contributed by atoms with Gasteiger partial charge in [-0.15, -0.1) is 0 Å². The van der Waals surface area contributed by atoms with Crippen LogP contribution >= 0.6 is 0 Å². The van der Waals surface area contributed by atoms with Gasteiger partial charge >= 0.3 is 0 Å². The second-order valence-electron chi connectivity index (χ2n) is 16.1. The number of rotatable bonds is 4. The monoisotopic (exact) mass is 704 g/mol. The summed E-state index contributed by atoms with van der Waals surface area (Å²) < 4.78 is 39.2. The van der Waals surface area contributed by atoms with E-state index in [4.69, 9.17) is 9.98 Å². The third-order valence-electron chi connectivity index (χ3n) is 12.4. The minimum atomic E-state index is -3.31. The summed E-state index contributed by atoms with van der Waals surface area (Å²) >= 11 is 0. The second kappa shape index (κ2) is 13.9. The summed E-state index contributed by atoms with van der Waals surface area (Å²) in [4.78, 5) is 14.5. The Hall–Kier alpha value is -2.52. The Morgan fingerprint density at radius 2 is 1.12 bits per heavy atom. The molecule has 0 radical (unpaired) electrons. The third kappa shape index (κ3) is 6.80. The number of sulfone groups is 1. The molecule has 2 aromatic rings. The number of hydrogen-bond acceptors (Lipinski definition) is 5. The van der Waals surface area contributed by atoms with Gasteiger partial charge in [-0.3, -0.25) is 4.21 Å². The van der Waals surface area contributed by atoms with Crippen molar-refractivity contribution >= 4 is 42.3 Å².